The lowest BCUT2D eigenvalue weighted by Gasteiger charge is -2.11. The molecule has 0 aliphatic heterocycles. The summed E-state index contributed by atoms with van der Waals surface area (Å²) in [5.74, 6) is -0.124. The van der Waals surface area contributed by atoms with Gasteiger partial charge in [0.25, 0.3) is 0 Å². The van der Waals surface area contributed by atoms with Crippen LogP contribution in [0.2, 0.25) is 5.02 Å². The molecule has 3 rings (SSSR count). The zero-order chi connectivity index (χ0) is 20.3. The fourth-order valence-electron chi connectivity index (χ4n) is 2.36. The van der Waals surface area contributed by atoms with Crippen molar-refractivity contribution >= 4 is 44.9 Å². The van der Waals surface area contributed by atoms with E-state index >= 15 is 0 Å². The largest absolute Gasteiger partial charge is 0.293 e. The molecule has 1 heterocycles. The molecule has 2 aromatic carbocycles. The number of thioether (sulfide) groups is 1. The van der Waals surface area contributed by atoms with E-state index in [1.165, 1.54) is 16.4 Å². The van der Waals surface area contributed by atoms with Crippen molar-refractivity contribution in [2.24, 2.45) is 0 Å². The maximum atomic E-state index is 12.7. The molecule has 0 unspecified atom stereocenters. The Balaban J connectivity index is 1.73. The van der Waals surface area contributed by atoms with Gasteiger partial charge in [-0.3, -0.25) is 9.52 Å². The molecule has 1 atom stereocenters. The SMILES string of the molecule is C[C@H](Sc1nnnn1-c1ccc(Cl)cc1)C(=O)c1ccc(NS(C)(=O)=O)cc1. The standard InChI is InChI=1S/C17H16ClN5O3S2/c1-11(16(24)12-3-7-14(8-4-12)20-28(2,25)26)27-17-19-21-22-23(17)15-9-5-13(18)6-10-15/h3-11,20H,1-2H3/t11-/m0/s1. The van der Waals surface area contributed by atoms with Gasteiger partial charge < -0.3 is 0 Å². The van der Waals surface area contributed by atoms with E-state index in [1.54, 1.807) is 55.5 Å². The Kier molecular flexibility index (Phi) is 6.01. The van der Waals surface area contributed by atoms with Crippen molar-refractivity contribution < 1.29 is 13.2 Å². The summed E-state index contributed by atoms with van der Waals surface area (Å²) < 4.78 is 26.4. The minimum absolute atomic E-state index is 0.124. The summed E-state index contributed by atoms with van der Waals surface area (Å²) in [4.78, 5) is 12.7. The van der Waals surface area contributed by atoms with E-state index in [0.717, 1.165) is 11.9 Å². The number of hydrogen-bond donors (Lipinski definition) is 1. The molecule has 0 saturated carbocycles. The van der Waals surface area contributed by atoms with Gasteiger partial charge in [0, 0.05) is 16.3 Å². The minimum Gasteiger partial charge on any atom is -0.293 e. The van der Waals surface area contributed by atoms with Crippen LogP contribution in [-0.2, 0) is 10.0 Å². The van der Waals surface area contributed by atoms with Gasteiger partial charge in [-0.15, -0.1) is 5.10 Å². The summed E-state index contributed by atoms with van der Waals surface area (Å²) in [6, 6.07) is 13.3. The summed E-state index contributed by atoms with van der Waals surface area (Å²) >= 11 is 7.13. The van der Waals surface area contributed by atoms with Crippen LogP contribution in [-0.4, -0.2) is 45.9 Å². The molecule has 1 aromatic heterocycles. The van der Waals surface area contributed by atoms with E-state index in [1.807, 2.05) is 0 Å². The van der Waals surface area contributed by atoms with Crippen molar-refractivity contribution in [1.82, 2.24) is 20.2 Å². The highest BCUT2D eigenvalue weighted by Crippen LogP contribution is 2.26. The van der Waals surface area contributed by atoms with Crippen LogP contribution in [0.15, 0.2) is 53.7 Å². The van der Waals surface area contributed by atoms with Crippen molar-refractivity contribution in [3.05, 3.63) is 59.1 Å². The molecule has 0 aliphatic carbocycles. The Morgan fingerprint density at radius 3 is 2.39 bits per heavy atom. The molecule has 3 aromatic rings. The first-order chi connectivity index (χ1) is 13.2. The monoisotopic (exact) mass is 437 g/mol. The molecule has 0 spiro atoms. The molecule has 28 heavy (non-hydrogen) atoms. The second-order valence-electron chi connectivity index (χ2n) is 5.93. The van der Waals surface area contributed by atoms with Crippen molar-refractivity contribution in [2.45, 2.75) is 17.3 Å². The van der Waals surface area contributed by atoms with Gasteiger partial charge in [0.05, 0.1) is 17.2 Å². The third-order valence-corrected chi connectivity index (χ3v) is 5.53. The van der Waals surface area contributed by atoms with Gasteiger partial charge in [0.15, 0.2) is 5.78 Å². The van der Waals surface area contributed by atoms with Gasteiger partial charge in [0.2, 0.25) is 15.2 Å². The number of sulfonamides is 1. The first-order valence-electron chi connectivity index (χ1n) is 8.06. The van der Waals surface area contributed by atoms with E-state index < -0.39 is 15.3 Å². The third-order valence-electron chi connectivity index (χ3n) is 3.64. The summed E-state index contributed by atoms with van der Waals surface area (Å²) in [6.07, 6.45) is 1.07. The molecule has 0 saturated heterocycles. The molecule has 0 fully saturated rings. The molecule has 0 amide bonds. The van der Waals surface area contributed by atoms with Crippen molar-refractivity contribution in [1.29, 1.82) is 0 Å². The summed E-state index contributed by atoms with van der Waals surface area (Å²) in [5, 5.41) is 12.3. The number of nitrogens with zero attached hydrogens (tertiary/aromatic N) is 4. The average molecular weight is 438 g/mol. The summed E-state index contributed by atoms with van der Waals surface area (Å²) in [6.45, 7) is 1.76. The Bertz CT molecular complexity index is 1080. The van der Waals surface area contributed by atoms with E-state index in [9.17, 15) is 13.2 Å². The predicted molar refractivity (Wildman–Crippen MR) is 109 cm³/mol. The van der Waals surface area contributed by atoms with Gasteiger partial charge in [-0.05, 0) is 65.9 Å². The zero-order valence-corrected chi connectivity index (χ0v) is 17.3. The summed E-state index contributed by atoms with van der Waals surface area (Å²) in [5.41, 5.74) is 1.59. The smallest absolute Gasteiger partial charge is 0.229 e. The topological polar surface area (TPSA) is 107 Å². The van der Waals surface area contributed by atoms with E-state index in [2.05, 4.69) is 20.2 Å². The molecule has 8 nitrogen and oxygen atoms in total. The number of hydrogen-bond acceptors (Lipinski definition) is 7. The minimum atomic E-state index is -3.37. The highest BCUT2D eigenvalue weighted by atomic mass is 35.5. The highest BCUT2D eigenvalue weighted by Gasteiger charge is 2.20. The lowest BCUT2D eigenvalue weighted by atomic mass is 10.1. The van der Waals surface area contributed by atoms with Gasteiger partial charge in [-0.2, -0.15) is 4.68 Å². The number of rotatable bonds is 7. The molecule has 1 N–H and O–H groups in total. The fourth-order valence-corrected chi connectivity index (χ4v) is 3.93. The normalized spacial score (nSPS) is 12.5. The van der Waals surface area contributed by atoms with Crippen LogP contribution >= 0.6 is 23.4 Å². The predicted octanol–water partition coefficient (Wildman–Crippen LogP) is 3.05. The molecule has 11 heteroatoms. The molecular formula is C17H16ClN5O3S2. The van der Waals surface area contributed by atoms with Gasteiger partial charge in [-0.25, -0.2) is 8.42 Å². The van der Waals surface area contributed by atoms with Crippen LogP contribution in [0, 0.1) is 0 Å². The quantitative estimate of drug-likeness (QED) is 0.447. The molecule has 146 valence electrons. The van der Waals surface area contributed by atoms with Gasteiger partial charge in [-0.1, -0.05) is 23.4 Å². The third kappa shape index (κ3) is 5.09. The number of nitrogens with one attached hydrogen (secondary N) is 1. The van der Waals surface area contributed by atoms with E-state index in [0.29, 0.717) is 21.4 Å². The Morgan fingerprint density at radius 2 is 1.79 bits per heavy atom. The van der Waals surface area contributed by atoms with Crippen LogP contribution in [0.25, 0.3) is 5.69 Å². The number of Topliss-reactive ketones (excluding diaryl/α,β-unsaturated/α-hetero) is 1. The second kappa shape index (κ2) is 8.29. The number of anilines is 1. The van der Waals surface area contributed by atoms with Crippen LogP contribution in [0.5, 0.6) is 0 Å². The lowest BCUT2D eigenvalue weighted by Crippen LogP contribution is -2.15. The second-order valence-corrected chi connectivity index (χ2v) is 9.42. The average Bonchev–Trinajstić information content (AvgIpc) is 3.09. The molecule has 0 bridgehead atoms. The van der Waals surface area contributed by atoms with Crippen molar-refractivity contribution in [3.63, 3.8) is 0 Å². The van der Waals surface area contributed by atoms with Crippen molar-refractivity contribution in [2.75, 3.05) is 11.0 Å². The number of benzene rings is 2. The maximum Gasteiger partial charge on any atom is 0.229 e. The lowest BCUT2D eigenvalue weighted by molar-refractivity contribution is 0.0994. The Hall–Kier alpha value is -2.43. The number of ketones is 1. The Labute approximate surface area is 171 Å². The van der Waals surface area contributed by atoms with Gasteiger partial charge in [0.1, 0.15) is 0 Å². The number of carbonyl (C=O) groups excluding carboxylic acids is 1. The molecule has 0 aliphatic rings. The molecular weight excluding hydrogens is 422 g/mol. The zero-order valence-electron chi connectivity index (χ0n) is 14.9. The van der Waals surface area contributed by atoms with Gasteiger partial charge >= 0.3 is 0 Å². The first kappa shape index (κ1) is 20.3. The summed E-state index contributed by atoms with van der Waals surface area (Å²) in [7, 11) is -3.37. The Morgan fingerprint density at radius 1 is 1.14 bits per heavy atom. The number of carbonyl (C=O) groups is 1. The number of halogens is 1. The maximum absolute atomic E-state index is 12.7. The van der Waals surface area contributed by atoms with Crippen LogP contribution in [0.3, 0.4) is 0 Å². The van der Waals surface area contributed by atoms with Crippen LogP contribution in [0.4, 0.5) is 5.69 Å². The van der Waals surface area contributed by atoms with Crippen molar-refractivity contribution in [3.8, 4) is 5.69 Å². The van der Waals surface area contributed by atoms with E-state index in [-0.39, 0.29) is 5.78 Å². The first-order valence-corrected chi connectivity index (χ1v) is 11.2. The van der Waals surface area contributed by atoms with Crippen LogP contribution in [0.1, 0.15) is 17.3 Å². The number of tetrazole rings is 1. The fraction of sp³-hybridized carbons (Fsp3) is 0.176. The highest BCUT2D eigenvalue weighted by molar-refractivity contribution is 8.00. The van der Waals surface area contributed by atoms with Crippen LogP contribution < -0.4 is 4.72 Å². The molecule has 0 radical (unpaired) electrons. The van der Waals surface area contributed by atoms with E-state index in [4.69, 9.17) is 11.6 Å². The number of aromatic nitrogens is 4.